The smallest absolute Gasteiger partial charge is 0.263 e. The number of hydrogen-bond donors (Lipinski definition) is 2. The Morgan fingerprint density at radius 3 is 2.71 bits per heavy atom. The number of rotatable bonds is 3. The number of nitrogens with one attached hydrogen (secondary N) is 1. The largest absolute Gasteiger partial charge is 0.397 e. The first-order chi connectivity index (χ1) is 6.56. The summed E-state index contributed by atoms with van der Waals surface area (Å²) >= 11 is 1.40. The van der Waals surface area contributed by atoms with Crippen LogP contribution in [0.25, 0.3) is 0 Å². The van der Waals surface area contributed by atoms with E-state index >= 15 is 0 Å². The van der Waals surface area contributed by atoms with Gasteiger partial charge >= 0.3 is 0 Å². The van der Waals surface area contributed by atoms with Gasteiger partial charge in [0.25, 0.3) is 5.91 Å². The van der Waals surface area contributed by atoms with E-state index in [2.05, 4.69) is 5.32 Å². The van der Waals surface area contributed by atoms with E-state index in [4.69, 9.17) is 5.73 Å². The molecule has 0 saturated carbocycles. The monoisotopic (exact) mass is 213 g/mol. The Morgan fingerprint density at radius 2 is 2.29 bits per heavy atom. The Bertz CT molecular complexity index is 333. The molecular weight excluding hydrogens is 198 g/mol. The minimum Gasteiger partial charge on any atom is -0.397 e. The van der Waals surface area contributed by atoms with Gasteiger partial charge in [0.05, 0.1) is 10.7 Å². The third-order valence-electron chi connectivity index (χ3n) is 1.73. The summed E-state index contributed by atoms with van der Waals surface area (Å²) in [6, 6.07) is 1.81. The molecular formula is C9H15N3OS. The van der Waals surface area contributed by atoms with E-state index in [0.29, 0.717) is 17.1 Å². The Balaban J connectivity index is 2.92. The van der Waals surface area contributed by atoms with E-state index in [-0.39, 0.29) is 5.91 Å². The molecule has 0 fully saturated rings. The van der Waals surface area contributed by atoms with Gasteiger partial charge in [-0.1, -0.05) is 0 Å². The van der Waals surface area contributed by atoms with Crippen molar-refractivity contribution in [1.82, 2.24) is 5.32 Å². The quantitative estimate of drug-likeness (QED) is 0.791. The average molecular weight is 213 g/mol. The molecule has 5 heteroatoms. The molecule has 1 aromatic heterocycles. The number of nitrogens with two attached hydrogens (primary N) is 1. The van der Waals surface area contributed by atoms with Gasteiger partial charge in [-0.05, 0) is 13.0 Å². The normalized spacial score (nSPS) is 9.93. The van der Waals surface area contributed by atoms with Crippen molar-refractivity contribution in [2.75, 3.05) is 31.3 Å². The minimum atomic E-state index is -0.0944. The van der Waals surface area contributed by atoms with Gasteiger partial charge in [-0.25, -0.2) is 0 Å². The molecule has 3 N–H and O–H groups in total. The molecule has 14 heavy (non-hydrogen) atoms. The van der Waals surface area contributed by atoms with E-state index < -0.39 is 0 Å². The van der Waals surface area contributed by atoms with Gasteiger partial charge < -0.3 is 16.0 Å². The van der Waals surface area contributed by atoms with Crippen molar-refractivity contribution in [3.8, 4) is 0 Å². The third kappa shape index (κ3) is 2.17. The average Bonchev–Trinajstić information content (AvgIpc) is 2.48. The Morgan fingerprint density at radius 1 is 1.64 bits per heavy atom. The van der Waals surface area contributed by atoms with Crippen molar-refractivity contribution in [2.24, 2.45) is 0 Å². The minimum absolute atomic E-state index is 0.0944. The Hall–Kier alpha value is -1.23. The third-order valence-corrected chi connectivity index (χ3v) is 3.05. The number of nitrogens with zero attached hydrogens (tertiary/aromatic N) is 1. The number of nitrogen functional groups attached to an aromatic ring is 1. The van der Waals surface area contributed by atoms with Crippen molar-refractivity contribution < 1.29 is 4.79 Å². The molecule has 1 aromatic rings. The van der Waals surface area contributed by atoms with E-state index in [0.717, 1.165) is 5.00 Å². The highest BCUT2D eigenvalue weighted by atomic mass is 32.1. The fourth-order valence-electron chi connectivity index (χ4n) is 1.03. The van der Waals surface area contributed by atoms with Crippen molar-refractivity contribution >= 4 is 27.9 Å². The molecule has 0 bridgehead atoms. The van der Waals surface area contributed by atoms with Crippen LogP contribution in [0, 0.1) is 0 Å². The predicted octanol–water partition coefficient (Wildman–Crippen LogP) is 1.15. The topological polar surface area (TPSA) is 58.4 Å². The van der Waals surface area contributed by atoms with Crippen LogP contribution in [0.5, 0.6) is 0 Å². The number of carbonyl (C=O) groups excluding carboxylic acids is 1. The maximum atomic E-state index is 11.5. The molecule has 0 aromatic carbocycles. The van der Waals surface area contributed by atoms with Crippen LogP contribution < -0.4 is 16.0 Å². The lowest BCUT2D eigenvalue weighted by molar-refractivity contribution is 0.0960. The van der Waals surface area contributed by atoms with Gasteiger partial charge in [0, 0.05) is 20.6 Å². The molecule has 78 valence electrons. The lowest BCUT2D eigenvalue weighted by atomic mass is 10.3. The van der Waals surface area contributed by atoms with Crippen LogP contribution in [0.4, 0.5) is 10.7 Å². The molecule has 1 heterocycles. The van der Waals surface area contributed by atoms with Crippen molar-refractivity contribution in [3.05, 3.63) is 10.9 Å². The molecule has 0 aliphatic rings. The summed E-state index contributed by atoms with van der Waals surface area (Å²) in [5.74, 6) is -0.0944. The van der Waals surface area contributed by atoms with Crippen molar-refractivity contribution in [1.29, 1.82) is 0 Å². The second kappa shape index (κ2) is 4.32. The highest BCUT2D eigenvalue weighted by Crippen LogP contribution is 2.30. The molecule has 0 saturated heterocycles. The van der Waals surface area contributed by atoms with Crippen LogP contribution in [-0.2, 0) is 0 Å². The first-order valence-corrected chi connectivity index (χ1v) is 5.22. The maximum absolute atomic E-state index is 11.5. The van der Waals surface area contributed by atoms with Gasteiger partial charge in [0.1, 0.15) is 4.88 Å². The molecule has 0 radical (unpaired) electrons. The van der Waals surface area contributed by atoms with Gasteiger partial charge in [-0.2, -0.15) is 0 Å². The van der Waals surface area contributed by atoms with Gasteiger partial charge in [-0.15, -0.1) is 11.3 Å². The summed E-state index contributed by atoms with van der Waals surface area (Å²) < 4.78 is 0. The zero-order valence-corrected chi connectivity index (χ0v) is 9.44. The van der Waals surface area contributed by atoms with E-state index in [1.54, 1.807) is 0 Å². The molecule has 1 rings (SSSR count). The molecule has 0 aliphatic heterocycles. The fraction of sp³-hybridized carbons (Fsp3) is 0.444. The lowest BCUT2D eigenvalue weighted by Crippen LogP contribution is -2.22. The Kier molecular flexibility index (Phi) is 3.35. The predicted molar refractivity (Wildman–Crippen MR) is 61.1 cm³/mol. The Labute approximate surface area is 87.7 Å². The number of amides is 1. The van der Waals surface area contributed by atoms with Crippen LogP contribution in [0.15, 0.2) is 6.07 Å². The van der Waals surface area contributed by atoms with E-state index in [1.807, 2.05) is 32.0 Å². The summed E-state index contributed by atoms with van der Waals surface area (Å²) in [5, 5.41) is 3.72. The lowest BCUT2D eigenvalue weighted by Gasteiger charge is -2.06. The fourth-order valence-corrected chi connectivity index (χ4v) is 1.95. The van der Waals surface area contributed by atoms with Crippen LogP contribution in [-0.4, -0.2) is 26.5 Å². The summed E-state index contributed by atoms with van der Waals surface area (Å²) in [6.07, 6.45) is 0. The van der Waals surface area contributed by atoms with Crippen LogP contribution >= 0.6 is 11.3 Å². The second-order valence-electron chi connectivity index (χ2n) is 3.12. The molecule has 0 spiro atoms. The number of thiophene rings is 1. The SMILES string of the molecule is CCNC(=O)c1sc(N(C)C)cc1N. The number of anilines is 2. The van der Waals surface area contributed by atoms with Crippen LogP contribution in [0.1, 0.15) is 16.6 Å². The first-order valence-electron chi connectivity index (χ1n) is 4.41. The summed E-state index contributed by atoms with van der Waals surface area (Å²) in [5.41, 5.74) is 6.28. The molecule has 0 unspecified atom stereocenters. The summed E-state index contributed by atoms with van der Waals surface area (Å²) in [7, 11) is 3.85. The van der Waals surface area contributed by atoms with Crippen LogP contribution in [0.3, 0.4) is 0 Å². The van der Waals surface area contributed by atoms with Crippen LogP contribution in [0.2, 0.25) is 0 Å². The van der Waals surface area contributed by atoms with E-state index in [9.17, 15) is 4.79 Å². The zero-order valence-electron chi connectivity index (χ0n) is 8.63. The summed E-state index contributed by atoms with van der Waals surface area (Å²) in [4.78, 5) is 14.0. The highest BCUT2D eigenvalue weighted by molar-refractivity contribution is 7.18. The second-order valence-corrected chi connectivity index (χ2v) is 4.15. The molecule has 4 nitrogen and oxygen atoms in total. The van der Waals surface area contributed by atoms with Gasteiger partial charge in [0.15, 0.2) is 0 Å². The molecule has 1 amide bonds. The first kappa shape index (κ1) is 10.8. The number of hydrogen-bond acceptors (Lipinski definition) is 4. The number of carbonyl (C=O) groups is 1. The zero-order chi connectivity index (χ0) is 10.7. The molecule has 0 atom stereocenters. The van der Waals surface area contributed by atoms with Crippen molar-refractivity contribution in [3.63, 3.8) is 0 Å². The maximum Gasteiger partial charge on any atom is 0.263 e. The van der Waals surface area contributed by atoms with Gasteiger partial charge in [-0.3, -0.25) is 4.79 Å². The van der Waals surface area contributed by atoms with Gasteiger partial charge in [0.2, 0.25) is 0 Å². The standard InChI is InChI=1S/C9H15N3OS/c1-4-11-9(13)8-6(10)5-7(14-8)12(2)3/h5H,4,10H2,1-3H3,(H,11,13). The van der Waals surface area contributed by atoms with Crippen molar-refractivity contribution in [2.45, 2.75) is 6.92 Å². The molecule has 0 aliphatic carbocycles. The highest BCUT2D eigenvalue weighted by Gasteiger charge is 2.14. The van der Waals surface area contributed by atoms with E-state index in [1.165, 1.54) is 11.3 Å². The summed E-state index contributed by atoms with van der Waals surface area (Å²) in [6.45, 7) is 2.50.